The molecule has 0 aliphatic carbocycles. The van der Waals surface area contributed by atoms with Crippen LogP contribution in [0.2, 0.25) is 0 Å². The molecule has 0 spiro atoms. The molecule has 1 aromatic rings. The molecule has 0 radical (unpaired) electrons. The lowest BCUT2D eigenvalue weighted by Gasteiger charge is -2.20. The summed E-state index contributed by atoms with van der Waals surface area (Å²) in [6, 6.07) is 0.501. The van der Waals surface area contributed by atoms with Crippen LogP contribution >= 0.6 is 0 Å². The molecular weight excluding hydrogens is 248 g/mol. The zero-order chi connectivity index (χ0) is 15.1. The lowest BCUT2D eigenvalue weighted by molar-refractivity contribution is 0.403. The van der Waals surface area contributed by atoms with E-state index >= 15 is 0 Å². The van der Waals surface area contributed by atoms with Gasteiger partial charge < -0.3 is 10.1 Å². The molecule has 1 unspecified atom stereocenters. The van der Waals surface area contributed by atoms with E-state index < -0.39 is 0 Å². The van der Waals surface area contributed by atoms with E-state index in [1.165, 1.54) is 18.4 Å². The summed E-state index contributed by atoms with van der Waals surface area (Å²) in [5.74, 6) is 1.73. The van der Waals surface area contributed by atoms with Crippen LogP contribution in [0.3, 0.4) is 0 Å². The van der Waals surface area contributed by atoms with Crippen LogP contribution in [-0.4, -0.2) is 24.7 Å². The predicted octanol–water partition coefficient (Wildman–Crippen LogP) is 3.66. The van der Waals surface area contributed by atoms with E-state index in [0.717, 1.165) is 35.9 Å². The summed E-state index contributed by atoms with van der Waals surface area (Å²) < 4.78 is 5.50. The van der Waals surface area contributed by atoms with Crippen LogP contribution in [0.25, 0.3) is 0 Å². The molecule has 114 valence electrons. The van der Waals surface area contributed by atoms with Crippen LogP contribution in [0.5, 0.6) is 5.75 Å². The van der Waals surface area contributed by atoms with E-state index in [1.807, 2.05) is 13.1 Å². The van der Waals surface area contributed by atoms with Crippen molar-refractivity contribution in [2.45, 2.75) is 59.9 Å². The van der Waals surface area contributed by atoms with Crippen LogP contribution in [0, 0.1) is 19.8 Å². The SMILES string of the molecule is CCNC(CCC(C)C)Cc1ncc(C)c(OC)c1C. The Kier molecular flexibility index (Phi) is 7.00. The maximum absolute atomic E-state index is 5.50. The highest BCUT2D eigenvalue weighted by molar-refractivity contribution is 5.41. The Morgan fingerprint density at radius 2 is 1.95 bits per heavy atom. The van der Waals surface area contributed by atoms with Crippen LogP contribution in [-0.2, 0) is 6.42 Å². The smallest absolute Gasteiger partial charge is 0.128 e. The molecule has 3 nitrogen and oxygen atoms in total. The molecule has 0 bridgehead atoms. The van der Waals surface area contributed by atoms with Gasteiger partial charge in [-0.25, -0.2) is 0 Å². The zero-order valence-electron chi connectivity index (χ0n) is 13.9. The number of hydrogen-bond acceptors (Lipinski definition) is 3. The normalized spacial score (nSPS) is 12.8. The van der Waals surface area contributed by atoms with Crippen molar-refractivity contribution in [3.8, 4) is 5.75 Å². The number of likely N-dealkylation sites (N-methyl/N-ethyl adjacent to an activating group) is 1. The summed E-state index contributed by atoms with van der Waals surface area (Å²) >= 11 is 0. The van der Waals surface area contributed by atoms with E-state index in [9.17, 15) is 0 Å². The first-order valence-corrected chi connectivity index (χ1v) is 7.72. The lowest BCUT2D eigenvalue weighted by Crippen LogP contribution is -2.32. The van der Waals surface area contributed by atoms with Crippen LogP contribution in [0.15, 0.2) is 6.20 Å². The number of nitrogens with zero attached hydrogens (tertiary/aromatic N) is 1. The monoisotopic (exact) mass is 278 g/mol. The van der Waals surface area contributed by atoms with Crippen molar-refractivity contribution >= 4 is 0 Å². The van der Waals surface area contributed by atoms with Gasteiger partial charge >= 0.3 is 0 Å². The van der Waals surface area contributed by atoms with E-state index in [2.05, 4.69) is 38.0 Å². The topological polar surface area (TPSA) is 34.2 Å². The minimum absolute atomic E-state index is 0.501. The average molecular weight is 278 g/mol. The fourth-order valence-electron chi connectivity index (χ4n) is 2.61. The van der Waals surface area contributed by atoms with Gasteiger partial charge in [-0.2, -0.15) is 0 Å². The molecule has 0 aliphatic rings. The number of ether oxygens (including phenoxy) is 1. The number of nitrogens with one attached hydrogen (secondary N) is 1. The molecule has 1 N–H and O–H groups in total. The minimum atomic E-state index is 0.501. The van der Waals surface area contributed by atoms with Gasteiger partial charge in [0.05, 0.1) is 7.11 Å². The van der Waals surface area contributed by atoms with Gasteiger partial charge in [-0.3, -0.25) is 4.98 Å². The first-order chi connectivity index (χ1) is 9.49. The third-order valence-corrected chi connectivity index (χ3v) is 3.77. The Hall–Kier alpha value is -1.09. The number of methoxy groups -OCH3 is 1. The van der Waals surface area contributed by atoms with Crippen molar-refractivity contribution < 1.29 is 4.74 Å². The van der Waals surface area contributed by atoms with Crippen LogP contribution in [0.1, 0.15) is 50.4 Å². The Labute approximate surface area is 124 Å². The third-order valence-electron chi connectivity index (χ3n) is 3.77. The second kappa shape index (κ2) is 8.25. The molecule has 0 aromatic carbocycles. The molecule has 0 aliphatic heterocycles. The van der Waals surface area contributed by atoms with E-state index in [0.29, 0.717) is 6.04 Å². The summed E-state index contributed by atoms with van der Waals surface area (Å²) in [4.78, 5) is 4.62. The minimum Gasteiger partial charge on any atom is -0.496 e. The van der Waals surface area contributed by atoms with Gasteiger partial charge in [0.1, 0.15) is 5.75 Å². The van der Waals surface area contributed by atoms with Gasteiger partial charge in [-0.05, 0) is 39.2 Å². The summed E-state index contributed by atoms with van der Waals surface area (Å²) in [6.45, 7) is 11.9. The lowest BCUT2D eigenvalue weighted by atomic mass is 9.97. The number of aryl methyl sites for hydroxylation is 1. The average Bonchev–Trinajstić information content (AvgIpc) is 2.40. The Balaban J connectivity index is 2.82. The number of rotatable bonds is 8. The summed E-state index contributed by atoms with van der Waals surface area (Å²) in [7, 11) is 1.74. The van der Waals surface area contributed by atoms with Crippen molar-refractivity contribution in [1.29, 1.82) is 0 Å². The summed E-state index contributed by atoms with van der Waals surface area (Å²) in [6.07, 6.45) is 5.35. The Bertz CT molecular complexity index is 416. The van der Waals surface area contributed by atoms with E-state index in [-0.39, 0.29) is 0 Å². The molecule has 0 saturated heterocycles. The van der Waals surface area contributed by atoms with Gasteiger partial charge in [-0.1, -0.05) is 20.8 Å². The van der Waals surface area contributed by atoms with Crippen LogP contribution in [0.4, 0.5) is 0 Å². The van der Waals surface area contributed by atoms with Gasteiger partial charge in [-0.15, -0.1) is 0 Å². The van der Waals surface area contributed by atoms with Gasteiger partial charge in [0.15, 0.2) is 0 Å². The first-order valence-electron chi connectivity index (χ1n) is 7.72. The number of pyridine rings is 1. The second-order valence-electron chi connectivity index (χ2n) is 5.98. The fourth-order valence-corrected chi connectivity index (χ4v) is 2.61. The van der Waals surface area contributed by atoms with E-state index in [4.69, 9.17) is 4.74 Å². The standard InChI is InChI=1S/C17H30N2O/c1-7-18-15(9-8-12(2)3)10-16-14(5)17(20-6)13(4)11-19-16/h11-12,15,18H,7-10H2,1-6H3. The van der Waals surface area contributed by atoms with Gasteiger partial charge in [0, 0.05) is 35.5 Å². The second-order valence-corrected chi connectivity index (χ2v) is 5.98. The maximum atomic E-state index is 5.50. The molecule has 0 fully saturated rings. The molecule has 0 amide bonds. The van der Waals surface area contributed by atoms with Crippen molar-refractivity contribution in [2.75, 3.05) is 13.7 Å². The van der Waals surface area contributed by atoms with Gasteiger partial charge in [0.2, 0.25) is 0 Å². The van der Waals surface area contributed by atoms with Crippen molar-refractivity contribution in [3.05, 3.63) is 23.0 Å². The van der Waals surface area contributed by atoms with Gasteiger partial charge in [0.25, 0.3) is 0 Å². The summed E-state index contributed by atoms with van der Waals surface area (Å²) in [5, 5.41) is 3.58. The molecule has 1 heterocycles. The molecule has 1 rings (SSSR count). The summed E-state index contributed by atoms with van der Waals surface area (Å²) in [5.41, 5.74) is 3.44. The first kappa shape index (κ1) is 17.0. The quantitative estimate of drug-likeness (QED) is 0.788. The van der Waals surface area contributed by atoms with Crippen molar-refractivity contribution in [1.82, 2.24) is 10.3 Å². The highest BCUT2D eigenvalue weighted by Crippen LogP contribution is 2.25. The highest BCUT2D eigenvalue weighted by Gasteiger charge is 2.15. The highest BCUT2D eigenvalue weighted by atomic mass is 16.5. The molecular formula is C17H30N2O. The predicted molar refractivity (Wildman–Crippen MR) is 85.5 cm³/mol. The maximum Gasteiger partial charge on any atom is 0.128 e. The largest absolute Gasteiger partial charge is 0.496 e. The Morgan fingerprint density at radius 3 is 2.50 bits per heavy atom. The third kappa shape index (κ3) is 4.78. The van der Waals surface area contributed by atoms with Crippen molar-refractivity contribution in [2.24, 2.45) is 5.92 Å². The van der Waals surface area contributed by atoms with E-state index in [1.54, 1.807) is 7.11 Å². The molecule has 0 saturated carbocycles. The Morgan fingerprint density at radius 1 is 1.25 bits per heavy atom. The zero-order valence-corrected chi connectivity index (χ0v) is 13.9. The fraction of sp³-hybridized carbons (Fsp3) is 0.706. The number of hydrogen-bond donors (Lipinski definition) is 1. The molecule has 1 aromatic heterocycles. The van der Waals surface area contributed by atoms with Crippen LogP contribution < -0.4 is 10.1 Å². The molecule has 1 atom stereocenters. The molecule has 20 heavy (non-hydrogen) atoms. The molecule has 3 heteroatoms. The van der Waals surface area contributed by atoms with Crippen molar-refractivity contribution in [3.63, 3.8) is 0 Å². The number of aromatic nitrogens is 1.